The minimum atomic E-state index is 0.248. The molecule has 1 amide bonds. The van der Waals surface area contributed by atoms with Crippen LogP contribution in [0.3, 0.4) is 0 Å². The summed E-state index contributed by atoms with van der Waals surface area (Å²) in [4.78, 5) is 14.4. The van der Waals surface area contributed by atoms with Gasteiger partial charge in [-0.25, -0.2) is 0 Å². The lowest BCUT2D eigenvalue weighted by Crippen LogP contribution is -2.42. The number of hydrogen-bond donors (Lipinski definition) is 2. The number of carbonyl (C=O) groups excluding carboxylic acids is 1. The minimum absolute atomic E-state index is 0.248. The van der Waals surface area contributed by atoms with Crippen LogP contribution >= 0.6 is 0 Å². The van der Waals surface area contributed by atoms with Crippen molar-refractivity contribution in [1.82, 2.24) is 15.5 Å². The number of amides is 1. The van der Waals surface area contributed by atoms with Gasteiger partial charge >= 0.3 is 0 Å². The van der Waals surface area contributed by atoms with E-state index in [1.807, 2.05) is 0 Å². The highest BCUT2D eigenvalue weighted by Crippen LogP contribution is 2.22. The van der Waals surface area contributed by atoms with Gasteiger partial charge in [0, 0.05) is 31.1 Å². The van der Waals surface area contributed by atoms with Crippen LogP contribution in [0.25, 0.3) is 0 Å². The first-order chi connectivity index (χ1) is 10.2. The lowest BCUT2D eigenvalue weighted by Gasteiger charge is -2.34. The molecule has 2 N–H and O–H groups in total. The van der Waals surface area contributed by atoms with Crippen molar-refractivity contribution in [2.24, 2.45) is 0 Å². The summed E-state index contributed by atoms with van der Waals surface area (Å²) in [7, 11) is 4.24. The Bertz CT molecular complexity index is 307. The second-order valence-corrected chi connectivity index (χ2v) is 6.93. The van der Waals surface area contributed by atoms with Gasteiger partial charge in [-0.05, 0) is 52.6 Å². The lowest BCUT2D eigenvalue weighted by molar-refractivity contribution is -0.122. The van der Waals surface area contributed by atoms with Crippen LogP contribution in [0, 0.1) is 0 Å². The molecule has 0 spiro atoms. The predicted molar refractivity (Wildman–Crippen MR) is 87.4 cm³/mol. The number of nitrogens with one attached hydrogen (secondary N) is 2. The number of rotatable bonds is 6. The average molecular weight is 295 g/mol. The quantitative estimate of drug-likeness (QED) is 0.790. The normalized spacial score (nSPS) is 27.8. The van der Waals surface area contributed by atoms with E-state index in [1.165, 1.54) is 57.8 Å². The second-order valence-electron chi connectivity index (χ2n) is 6.93. The van der Waals surface area contributed by atoms with Gasteiger partial charge < -0.3 is 15.5 Å². The van der Waals surface area contributed by atoms with Gasteiger partial charge in [0.2, 0.25) is 5.91 Å². The fourth-order valence-corrected chi connectivity index (χ4v) is 3.81. The molecule has 2 fully saturated rings. The van der Waals surface area contributed by atoms with Gasteiger partial charge in [-0.3, -0.25) is 4.79 Å². The monoisotopic (exact) mass is 295 g/mol. The average Bonchev–Trinajstić information content (AvgIpc) is 2.53. The summed E-state index contributed by atoms with van der Waals surface area (Å²) in [6.07, 6.45) is 11.9. The van der Waals surface area contributed by atoms with Gasteiger partial charge in [0.1, 0.15) is 0 Å². The molecule has 2 saturated carbocycles. The summed E-state index contributed by atoms with van der Waals surface area (Å²) in [5.74, 6) is 0.248. The van der Waals surface area contributed by atoms with Gasteiger partial charge in [-0.2, -0.15) is 0 Å². The summed E-state index contributed by atoms with van der Waals surface area (Å²) in [5, 5.41) is 6.59. The van der Waals surface area contributed by atoms with Crippen LogP contribution in [0.2, 0.25) is 0 Å². The number of hydrogen-bond acceptors (Lipinski definition) is 3. The summed E-state index contributed by atoms with van der Waals surface area (Å²) in [5.41, 5.74) is 0. The Balaban J connectivity index is 1.61. The Morgan fingerprint density at radius 3 is 2.29 bits per heavy atom. The highest BCUT2D eigenvalue weighted by Gasteiger charge is 2.23. The van der Waals surface area contributed by atoms with Crippen molar-refractivity contribution < 1.29 is 4.79 Å². The van der Waals surface area contributed by atoms with Crippen molar-refractivity contribution in [2.75, 3.05) is 20.6 Å². The molecule has 122 valence electrons. The Hall–Kier alpha value is -0.610. The zero-order valence-corrected chi connectivity index (χ0v) is 13.9. The molecule has 21 heavy (non-hydrogen) atoms. The fraction of sp³-hybridized carbons (Fsp3) is 0.941. The summed E-state index contributed by atoms with van der Waals surface area (Å²) >= 11 is 0. The Kier molecular flexibility index (Phi) is 6.97. The molecule has 0 aliphatic heterocycles. The minimum Gasteiger partial charge on any atom is -0.353 e. The molecule has 0 bridgehead atoms. The van der Waals surface area contributed by atoms with Crippen molar-refractivity contribution in [3.63, 3.8) is 0 Å². The summed E-state index contributed by atoms with van der Waals surface area (Å²) in [6, 6.07) is 1.81. The molecule has 0 aromatic carbocycles. The van der Waals surface area contributed by atoms with E-state index in [2.05, 4.69) is 29.6 Å². The van der Waals surface area contributed by atoms with Crippen LogP contribution in [-0.4, -0.2) is 49.6 Å². The molecule has 0 saturated heterocycles. The molecule has 0 unspecified atom stereocenters. The van der Waals surface area contributed by atoms with Crippen LogP contribution in [0.15, 0.2) is 0 Å². The van der Waals surface area contributed by atoms with E-state index in [9.17, 15) is 4.79 Å². The molecule has 0 aromatic heterocycles. The highest BCUT2D eigenvalue weighted by molar-refractivity contribution is 5.76. The zero-order chi connectivity index (χ0) is 15.1. The van der Waals surface area contributed by atoms with Gasteiger partial charge in [0.15, 0.2) is 0 Å². The van der Waals surface area contributed by atoms with Crippen molar-refractivity contribution in [3.8, 4) is 0 Å². The van der Waals surface area contributed by atoms with Gasteiger partial charge in [0.25, 0.3) is 0 Å². The molecule has 0 aromatic rings. The van der Waals surface area contributed by atoms with E-state index in [-0.39, 0.29) is 5.91 Å². The zero-order valence-electron chi connectivity index (χ0n) is 13.9. The molecule has 4 nitrogen and oxygen atoms in total. The molecule has 2 rings (SSSR count). The standard InChI is InChI=1S/C17H33N3O/c1-18-14-8-10-16(11-9-14)20(2)13-12-17(21)19-15-6-4-3-5-7-15/h14-16,18H,3-13H2,1-2H3,(H,19,21). The predicted octanol–water partition coefficient (Wildman–Crippen LogP) is 2.29. The van der Waals surface area contributed by atoms with Crippen LogP contribution in [0.5, 0.6) is 0 Å². The van der Waals surface area contributed by atoms with Crippen molar-refractivity contribution >= 4 is 5.91 Å². The van der Waals surface area contributed by atoms with Crippen LogP contribution in [0.4, 0.5) is 0 Å². The lowest BCUT2D eigenvalue weighted by atomic mass is 9.90. The largest absolute Gasteiger partial charge is 0.353 e. The third-order valence-electron chi connectivity index (χ3n) is 5.39. The first kappa shape index (κ1) is 16.8. The molecule has 2 aliphatic rings. The van der Waals surface area contributed by atoms with Crippen molar-refractivity contribution in [3.05, 3.63) is 0 Å². The maximum absolute atomic E-state index is 12.0. The van der Waals surface area contributed by atoms with E-state index >= 15 is 0 Å². The van der Waals surface area contributed by atoms with Crippen LogP contribution in [-0.2, 0) is 4.79 Å². The molecule has 0 radical (unpaired) electrons. The van der Waals surface area contributed by atoms with E-state index < -0.39 is 0 Å². The van der Waals surface area contributed by atoms with E-state index in [4.69, 9.17) is 0 Å². The first-order valence-corrected chi connectivity index (χ1v) is 8.86. The number of carbonyl (C=O) groups is 1. The molecule has 0 atom stereocenters. The fourth-order valence-electron chi connectivity index (χ4n) is 3.81. The van der Waals surface area contributed by atoms with E-state index in [0.29, 0.717) is 24.5 Å². The van der Waals surface area contributed by atoms with Crippen LogP contribution < -0.4 is 10.6 Å². The van der Waals surface area contributed by atoms with Gasteiger partial charge in [0.05, 0.1) is 0 Å². The summed E-state index contributed by atoms with van der Waals surface area (Å²) in [6.45, 7) is 0.896. The molecule has 2 aliphatic carbocycles. The topological polar surface area (TPSA) is 44.4 Å². The highest BCUT2D eigenvalue weighted by atomic mass is 16.1. The summed E-state index contributed by atoms with van der Waals surface area (Å²) < 4.78 is 0. The van der Waals surface area contributed by atoms with Crippen LogP contribution in [0.1, 0.15) is 64.2 Å². The maximum Gasteiger partial charge on any atom is 0.221 e. The Labute approximate surface area is 130 Å². The third-order valence-corrected chi connectivity index (χ3v) is 5.39. The molecular formula is C17H33N3O. The SMILES string of the molecule is CNC1CCC(N(C)CCC(=O)NC2CCCCC2)CC1. The first-order valence-electron chi connectivity index (χ1n) is 8.86. The van der Waals surface area contributed by atoms with Gasteiger partial charge in [-0.15, -0.1) is 0 Å². The van der Waals surface area contributed by atoms with E-state index in [0.717, 1.165) is 6.54 Å². The molecular weight excluding hydrogens is 262 g/mol. The molecule has 0 heterocycles. The second kappa shape index (κ2) is 8.74. The van der Waals surface area contributed by atoms with Crippen molar-refractivity contribution in [2.45, 2.75) is 82.3 Å². The van der Waals surface area contributed by atoms with E-state index in [1.54, 1.807) is 0 Å². The van der Waals surface area contributed by atoms with Crippen molar-refractivity contribution in [1.29, 1.82) is 0 Å². The Morgan fingerprint density at radius 2 is 1.67 bits per heavy atom. The smallest absolute Gasteiger partial charge is 0.221 e. The molecule has 4 heteroatoms. The maximum atomic E-state index is 12.0. The van der Waals surface area contributed by atoms with Gasteiger partial charge in [-0.1, -0.05) is 19.3 Å². The Morgan fingerprint density at radius 1 is 1.00 bits per heavy atom. The number of nitrogens with zero attached hydrogens (tertiary/aromatic N) is 1. The third kappa shape index (κ3) is 5.59.